The van der Waals surface area contributed by atoms with Gasteiger partial charge in [0.2, 0.25) is 10.0 Å². The molecule has 0 saturated heterocycles. The quantitative estimate of drug-likeness (QED) is 0.638. The van der Waals surface area contributed by atoms with Gasteiger partial charge < -0.3 is 5.11 Å². The van der Waals surface area contributed by atoms with Crippen LogP contribution in [0.15, 0.2) is 29.2 Å². The van der Waals surface area contributed by atoms with Gasteiger partial charge in [0.25, 0.3) is 5.91 Å². The van der Waals surface area contributed by atoms with Gasteiger partial charge in [-0.2, -0.15) is 4.31 Å². The Morgan fingerprint density at radius 3 is 2.32 bits per heavy atom. The van der Waals surface area contributed by atoms with Gasteiger partial charge in [0.1, 0.15) is 0 Å². The fraction of sp³-hybridized carbons (Fsp3) is 0.389. The Labute approximate surface area is 168 Å². The number of nitrogens with one attached hydrogen (secondary N) is 1. The topological polar surface area (TPSA) is 117 Å². The van der Waals surface area contributed by atoms with Crippen molar-refractivity contribution in [3.8, 4) is 0 Å². The highest BCUT2D eigenvalue weighted by atomic mass is 32.2. The van der Waals surface area contributed by atoms with E-state index in [0.717, 1.165) is 4.88 Å². The first kappa shape index (κ1) is 22.0. The Balaban J connectivity index is 2.12. The molecule has 0 aliphatic heterocycles. The van der Waals surface area contributed by atoms with Gasteiger partial charge in [0, 0.05) is 23.5 Å². The minimum absolute atomic E-state index is 0.00110. The molecule has 0 spiro atoms. The number of amides is 1. The Morgan fingerprint density at radius 2 is 1.79 bits per heavy atom. The molecule has 0 bridgehead atoms. The van der Waals surface area contributed by atoms with Crippen molar-refractivity contribution in [1.29, 1.82) is 0 Å². The average molecular weight is 426 g/mol. The zero-order valence-electron chi connectivity index (χ0n) is 15.9. The first-order chi connectivity index (χ1) is 13.2. The van der Waals surface area contributed by atoms with Crippen LogP contribution in [0.4, 0.5) is 5.13 Å². The smallest absolute Gasteiger partial charge is 0.303 e. The molecular weight excluding hydrogens is 402 g/mol. The largest absolute Gasteiger partial charge is 0.481 e. The first-order valence-electron chi connectivity index (χ1n) is 8.78. The van der Waals surface area contributed by atoms with Gasteiger partial charge in [0.15, 0.2) is 5.13 Å². The Morgan fingerprint density at radius 1 is 1.18 bits per heavy atom. The van der Waals surface area contributed by atoms with Crippen molar-refractivity contribution in [3.63, 3.8) is 0 Å². The molecule has 0 fully saturated rings. The van der Waals surface area contributed by atoms with Gasteiger partial charge in [-0.1, -0.05) is 13.8 Å². The van der Waals surface area contributed by atoms with Crippen molar-refractivity contribution in [2.75, 3.05) is 18.4 Å². The van der Waals surface area contributed by atoms with Crippen LogP contribution >= 0.6 is 11.3 Å². The number of benzene rings is 1. The summed E-state index contributed by atoms with van der Waals surface area (Å²) in [5.74, 6) is -1.30. The number of nitrogens with zero attached hydrogens (tertiary/aromatic N) is 2. The van der Waals surface area contributed by atoms with Crippen LogP contribution in [-0.4, -0.2) is 47.8 Å². The lowest BCUT2D eigenvalue weighted by Gasteiger charge is -2.18. The van der Waals surface area contributed by atoms with E-state index in [9.17, 15) is 18.0 Å². The second kappa shape index (κ2) is 9.26. The molecule has 0 atom stereocenters. The number of aliphatic carboxylic acids is 1. The zero-order chi connectivity index (χ0) is 20.9. The first-order valence-corrected chi connectivity index (χ1v) is 11.0. The van der Waals surface area contributed by atoms with E-state index in [1.807, 2.05) is 0 Å². The molecule has 2 N–H and O–H groups in total. The van der Waals surface area contributed by atoms with Crippen molar-refractivity contribution >= 4 is 38.4 Å². The van der Waals surface area contributed by atoms with Gasteiger partial charge in [-0.05, 0) is 37.6 Å². The minimum atomic E-state index is -3.57. The van der Waals surface area contributed by atoms with E-state index >= 15 is 0 Å². The predicted molar refractivity (Wildman–Crippen MR) is 107 cm³/mol. The summed E-state index contributed by atoms with van der Waals surface area (Å²) in [6.45, 7) is 6.03. The van der Waals surface area contributed by atoms with Crippen LogP contribution < -0.4 is 5.32 Å². The van der Waals surface area contributed by atoms with Crippen LogP contribution in [0, 0.1) is 6.92 Å². The second-order valence-corrected chi connectivity index (χ2v) is 9.01. The number of carboxylic acid groups (broad SMARTS) is 1. The maximum atomic E-state index is 12.5. The maximum Gasteiger partial charge on any atom is 0.303 e. The third-order valence-corrected chi connectivity index (χ3v) is 7.34. The molecule has 2 aromatic rings. The zero-order valence-corrected chi connectivity index (χ0v) is 17.6. The molecule has 28 heavy (non-hydrogen) atoms. The number of rotatable bonds is 9. The molecule has 0 aliphatic carbocycles. The fourth-order valence-electron chi connectivity index (χ4n) is 2.59. The second-order valence-electron chi connectivity index (χ2n) is 5.99. The molecule has 1 aromatic heterocycles. The summed E-state index contributed by atoms with van der Waals surface area (Å²) in [6.07, 6.45) is 0.353. The number of thiazole rings is 1. The Hall–Kier alpha value is -2.30. The number of aromatic nitrogens is 1. The van der Waals surface area contributed by atoms with Crippen LogP contribution in [0.2, 0.25) is 0 Å². The predicted octanol–water partition coefficient (Wildman–Crippen LogP) is 2.75. The van der Waals surface area contributed by atoms with Crippen molar-refractivity contribution in [2.24, 2.45) is 0 Å². The van der Waals surface area contributed by atoms with Crippen molar-refractivity contribution < 1.29 is 23.1 Å². The molecule has 2 rings (SSSR count). The van der Waals surface area contributed by atoms with Crippen LogP contribution in [-0.2, 0) is 21.2 Å². The number of sulfonamides is 1. The molecule has 0 unspecified atom stereocenters. The van der Waals surface area contributed by atoms with E-state index in [1.54, 1.807) is 20.8 Å². The summed E-state index contributed by atoms with van der Waals surface area (Å²) in [7, 11) is -3.57. The molecule has 0 radical (unpaired) electrons. The number of carbonyl (C=O) groups is 2. The lowest BCUT2D eigenvalue weighted by molar-refractivity contribution is -0.136. The van der Waals surface area contributed by atoms with Crippen LogP contribution in [0.3, 0.4) is 0 Å². The molecular formula is C18H23N3O5S2. The van der Waals surface area contributed by atoms with E-state index < -0.39 is 21.9 Å². The molecule has 1 heterocycles. The minimum Gasteiger partial charge on any atom is -0.481 e. The van der Waals surface area contributed by atoms with Crippen molar-refractivity contribution in [3.05, 3.63) is 40.4 Å². The number of carbonyl (C=O) groups excluding carboxylic acids is 1. The fourth-order valence-corrected chi connectivity index (χ4v) is 5.01. The maximum absolute atomic E-state index is 12.5. The van der Waals surface area contributed by atoms with Gasteiger partial charge in [0.05, 0.1) is 17.0 Å². The summed E-state index contributed by atoms with van der Waals surface area (Å²) in [5, 5.41) is 11.8. The Kier molecular flexibility index (Phi) is 7.28. The third-order valence-electron chi connectivity index (χ3n) is 4.14. The van der Waals surface area contributed by atoms with Crippen molar-refractivity contribution in [1.82, 2.24) is 9.29 Å². The van der Waals surface area contributed by atoms with E-state index in [4.69, 9.17) is 5.11 Å². The molecule has 0 saturated carbocycles. The SMILES string of the molecule is CCN(CC)S(=O)(=O)c1ccc(C(=O)Nc2nc(C)c(CCC(=O)O)s2)cc1. The van der Waals surface area contributed by atoms with Crippen LogP contribution in [0.25, 0.3) is 0 Å². The molecule has 152 valence electrons. The van der Waals surface area contributed by atoms with Gasteiger partial charge in [-0.15, -0.1) is 11.3 Å². The number of aryl methyl sites for hydroxylation is 2. The molecule has 1 aromatic carbocycles. The highest BCUT2D eigenvalue weighted by molar-refractivity contribution is 7.89. The van der Waals surface area contributed by atoms with Gasteiger partial charge >= 0.3 is 5.97 Å². The normalized spacial score (nSPS) is 11.6. The molecule has 0 aliphatic rings. The monoisotopic (exact) mass is 425 g/mol. The lowest BCUT2D eigenvalue weighted by Crippen LogP contribution is -2.30. The van der Waals surface area contributed by atoms with E-state index in [2.05, 4.69) is 10.3 Å². The van der Waals surface area contributed by atoms with Crippen molar-refractivity contribution in [2.45, 2.75) is 38.5 Å². The van der Waals surface area contributed by atoms with Crippen LogP contribution in [0.1, 0.15) is 41.2 Å². The van der Waals surface area contributed by atoms with E-state index in [-0.39, 0.29) is 11.3 Å². The summed E-state index contributed by atoms with van der Waals surface area (Å²) < 4.78 is 26.3. The van der Waals surface area contributed by atoms with Gasteiger partial charge in [-0.25, -0.2) is 13.4 Å². The summed E-state index contributed by atoms with van der Waals surface area (Å²) in [6, 6.07) is 5.73. The molecule has 10 heteroatoms. The summed E-state index contributed by atoms with van der Waals surface area (Å²) in [5.41, 5.74) is 0.987. The van der Waals surface area contributed by atoms with E-state index in [0.29, 0.717) is 35.9 Å². The molecule has 8 nitrogen and oxygen atoms in total. The highest BCUT2D eigenvalue weighted by Crippen LogP contribution is 2.24. The number of hydrogen-bond donors (Lipinski definition) is 2. The standard InChI is InChI=1S/C18H23N3O5S2/c1-4-21(5-2)28(25,26)14-8-6-13(7-9-14)17(24)20-18-19-12(3)15(27-18)10-11-16(22)23/h6-9H,4-5,10-11H2,1-3H3,(H,22,23)(H,19,20,24). The summed E-state index contributed by atoms with van der Waals surface area (Å²) >= 11 is 1.23. The highest BCUT2D eigenvalue weighted by Gasteiger charge is 2.22. The average Bonchev–Trinajstić information content (AvgIpc) is 3.00. The number of anilines is 1. The molecule has 1 amide bonds. The number of hydrogen-bond acceptors (Lipinski definition) is 6. The van der Waals surface area contributed by atoms with Crippen LogP contribution in [0.5, 0.6) is 0 Å². The van der Waals surface area contributed by atoms with E-state index in [1.165, 1.54) is 39.9 Å². The number of carboxylic acids is 1. The van der Waals surface area contributed by atoms with Gasteiger partial charge in [-0.3, -0.25) is 14.9 Å². The third kappa shape index (κ3) is 5.15. The Bertz CT molecular complexity index is 948. The lowest BCUT2D eigenvalue weighted by atomic mass is 10.2. The summed E-state index contributed by atoms with van der Waals surface area (Å²) in [4.78, 5) is 28.3.